The first-order valence-electron chi connectivity index (χ1n) is 9.25. The maximum Gasteiger partial charge on any atom is 0.241 e. The normalized spacial score (nSPS) is 20.2. The van der Waals surface area contributed by atoms with E-state index in [2.05, 4.69) is 19.9 Å². The van der Waals surface area contributed by atoms with Crippen LogP contribution in [0.15, 0.2) is 28.8 Å². The van der Waals surface area contributed by atoms with E-state index in [1.807, 2.05) is 24.3 Å². The minimum absolute atomic E-state index is 0.643. The summed E-state index contributed by atoms with van der Waals surface area (Å²) in [4.78, 5) is 9.66. The summed E-state index contributed by atoms with van der Waals surface area (Å²) in [5, 5.41) is 4.12. The van der Waals surface area contributed by atoms with Crippen molar-refractivity contribution < 1.29 is 9.26 Å². The van der Waals surface area contributed by atoms with Gasteiger partial charge in [-0.15, -0.1) is 0 Å². The van der Waals surface area contributed by atoms with Crippen LogP contribution in [0.25, 0.3) is 11.4 Å². The minimum atomic E-state index is 0.643. The van der Waals surface area contributed by atoms with Gasteiger partial charge in [-0.25, -0.2) is 0 Å². The summed E-state index contributed by atoms with van der Waals surface area (Å²) < 4.78 is 10.6. The van der Waals surface area contributed by atoms with Crippen molar-refractivity contribution in [1.29, 1.82) is 0 Å². The molecule has 2 aromatic rings. The van der Waals surface area contributed by atoms with Crippen molar-refractivity contribution in [2.24, 2.45) is 0 Å². The number of piperidine rings is 1. The second kappa shape index (κ2) is 7.54. The summed E-state index contributed by atoms with van der Waals surface area (Å²) in [5.41, 5.74) is 0.948. The molecule has 0 amide bonds. The molecule has 25 heavy (non-hydrogen) atoms. The van der Waals surface area contributed by atoms with Gasteiger partial charge in [-0.05, 0) is 63.0 Å². The van der Waals surface area contributed by atoms with Crippen LogP contribution in [0.1, 0.15) is 31.6 Å². The molecule has 2 saturated heterocycles. The van der Waals surface area contributed by atoms with E-state index in [1.54, 1.807) is 7.11 Å². The lowest BCUT2D eigenvalue weighted by Crippen LogP contribution is -2.43. The van der Waals surface area contributed by atoms with Crippen LogP contribution < -0.4 is 4.74 Å². The third-order valence-corrected chi connectivity index (χ3v) is 5.39. The summed E-state index contributed by atoms with van der Waals surface area (Å²) in [5.74, 6) is 2.17. The summed E-state index contributed by atoms with van der Waals surface area (Å²) in [6, 6.07) is 8.50. The predicted octanol–water partition coefficient (Wildman–Crippen LogP) is 2.81. The number of ether oxygens (including phenoxy) is 1. The van der Waals surface area contributed by atoms with Gasteiger partial charge in [-0.3, -0.25) is 4.90 Å². The van der Waals surface area contributed by atoms with Gasteiger partial charge in [0, 0.05) is 24.7 Å². The average molecular weight is 342 g/mol. The fourth-order valence-corrected chi connectivity index (χ4v) is 3.92. The molecule has 4 rings (SSSR count). The molecule has 2 aliphatic heterocycles. The van der Waals surface area contributed by atoms with Gasteiger partial charge < -0.3 is 14.2 Å². The van der Waals surface area contributed by atoms with E-state index in [9.17, 15) is 0 Å². The van der Waals surface area contributed by atoms with Crippen molar-refractivity contribution in [1.82, 2.24) is 19.9 Å². The first-order valence-corrected chi connectivity index (χ1v) is 9.25. The molecule has 1 aromatic heterocycles. The van der Waals surface area contributed by atoms with E-state index in [0.717, 1.165) is 37.0 Å². The molecule has 0 bridgehead atoms. The van der Waals surface area contributed by atoms with Gasteiger partial charge >= 0.3 is 0 Å². The van der Waals surface area contributed by atoms with Gasteiger partial charge in [0.05, 0.1) is 13.7 Å². The van der Waals surface area contributed by atoms with Crippen LogP contribution in [0, 0.1) is 0 Å². The molecule has 0 saturated carbocycles. The number of nitrogens with zero attached hydrogens (tertiary/aromatic N) is 4. The Hall–Kier alpha value is -1.92. The molecule has 6 heteroatoms. The summed E-state index contributed by atoms with van der Waals surface area (Å²) in [7, 11) is 1.66. The number of benzene rings is 1. The molecule has 3 heterocycles. The van der Waals surface area contributed by atoms with Crippen LogP contribution in [-0.4, -0.2) is 59.3 Å². The Morgan fingerprint density at radius 2 is 1.80 bits per heavy atom. The first kappa shape index (κ1) is 16.5. The van der Waals surface area contributed by atoms with E-state index in [1.165, 1.54) is 38.8 Å². The summed E-state index contributed by atoms with van der Waals surface area (Å²) in [6.07, 6.45) is 5.24. The SMILES string of the molecule is COc1ccc(-c2noc(CN3CCC(N4CCCC4)CC3)n2)cc1. The highest BCUT2D eigenvalue weighted by atomic mass is 16.5. The van der Waals surface area contributed by atoms with Crippen LogP contribution in [0.3, 0.4) is 0 Å². The molecule has 6 nitrogen and oxygen atoms in total. The lowest BCUT2D eigenvalue weighted by Gasteiger charge is -2.36. The zero-order valence-corrected chi connectivity index (χ0v) is 14.9. The Bertz CT molecular complexity index is 671. The van der Waals surface area contributed by atoms with Gasteiger partial charge in [0.15, 0.2) is 0 Å². The smallest absolute Gasteiger partial charge is 0.241 e. The molecular formula is C19H26N4O2. The Labute approximate surface area is 148 Å². The molecule has 2 fully saturated rings. The summed E-state index contributed by atoms with van der Waals surface area (Å²) in [6.45, 7) is 5.55. The van der Waals surface area contributed by atoms with Crippen LogP contribution in [0.5, 0.6) is 5.75 Å². The fourth-order valence-electron chi connectivity index (χ4n) is 3.92. The zero-order valence-electron chi connectivity index (χ0n) is 14.9. The van der Waals surface area contributed by atoms with E-state index in [0.29, 0.717) is 11.7 Å². The van der Waals surface area contributed by atoms with E-state index < -0.39 is 0 Å². The molecule has 1 aromatic carbocycles. The number of rotatable bonds is 5. The second-order valence-corrected chi connectivity index (χ2v) is 6.99. The van der Waals surface area contributed by atoms with Crippen LogP contribution in [0.4, 0.5) is 0 Å². The van der Waals surface area contributed by atoms with Crippen molar-refractivity contribution in [3.8, 4) is 17.1 Å². The molecule has 0 N–H and O–H groups in total. The van der Waals surface area contributed by atoms with Gasteiger partial charge in [-0.1, -0.05) is 5.16 Å². The molecule has 0 unspecified atom stereocenters. The molecule has 0 radical (unpaired) electrons. The number of hydrogen-bond acceptors (Lipinski definition) is 6. The number of hydrogen-bond donors (Lipinski definition) is 0. The number of likely N-dealkylation sites (tertiary alicyclic amines) is 2. The van der Waals surface area contributed by atoms with Crippen molar-refractivity contribution in [3.63, 3.8) is 0 Å². The van der Waals surface area contributed by atoms with E-state index in [-0.39, 0.29) is 0 Å². The van der Waals surface area contributed by atoms with Crippen molar-refractivity contribution in [3.05, 3.63) is 30.2 Å². The monoisotopic (exact) mass is 342 g/mol. The van der Waals surface area contributed by atoms with Crippen LogP contribution in [-0.2, 0) is 6.54 Å². The van der Waals surface area contributed by atoms with Gasteiger partial charge in [0.25, 0.3) is 0 Å². The Morgan fingerprint density at radius 1 is 1.08 bits per heavy atom. The molecule has 134 valence electrons. The molecule has 0 atom stereocenters. The van der Waals surface area contributed by atoms with Crippen molar-refractivity contribution in [2.75, 3.05) is 33.3 Å². The lowest BCUT2D eigenvalue weighted by molar-refractivity contribution is 0.114. The Balaban J connectivity index is 1.32. The third kappa shape index (κ3) is 3.85. The predicted molar refractivity (Wildman–Crippen MR) is 95.4 cm³/mol. The highest BCUT2D eigenvalue weighted by Gasteiger charge is 2.27. The largest absolute Gasteiger partial charge is 0.497 e. The fraction of sp³-hybridized carbons (Fsp3) is 0.579. The molecular weight excluding hydrogens is 316 g/mol. The summed E-state index contributed by atoms with van der Waals surface area (Å²) >= 11 is 0. The first-order chi connectivity index (χ1) is 12.3. The van der Waals surface area contributed by atoms with Crippen LogP contribution in [0.2, 0.25) is 0 Å². The Kier molecular flexibility index (Phi) is 4.99. The van der Waals surface area contributed by atoms with E-state index in [4.69, 9.17) is 9.26 Å². The van der Waals surface area contributed by atoms with Crippen molar-refractivity contribution >= 4 is 0 Å². The zero-order chi connectivity index (χ0) is 17.1. The standard InChI is InChI=1S/C19H26N4O2/c1-24-17-6-4-15(5-7-17)19-20-18(25-21-19)14-22-12-8-16(9-13-22)23-10-2-3-11-23/h4-7,16H,2-3,8-14H2,1H3. The highest BCUT2D eigenvalue weighted by Crippen LogP contribution is 2.23. The lowest BCUT2D eigenvalue weighted by atomic mass is 10.0. The van der Waals surface area contributed by atoms with Crippen LogP contribution >= 0.6 is 0 Å². The average Bonchev–Trinajstić information content (AvgIpc) is 3.35. The highest BCUT2D eigenvalue weighted by molar-refractivity contribution is 5.55. The number of aromatic nitrogens is 2. The maximum absolute atomic E-state index is 5.46. The van der Waals surface area contributed by atoms with Gasteiger partial charge in [0.1, 0.15) is 5.75 Å². The third-order valence-electron chi connectivity index (χ3n) is 5.39. The Morgan fingerprint density at radius 3 is 2.48 bits per heavy atom. The van der Waals surface area contributed by atoms with Gasteiger partial charge in [0.2, 0.25) is 11.7 Å². The van der Waals surface area contributed by atoms with E-state index >= 15 is 0 Å². The topological polar surface area (TPSA) is 54.6 Å². The number of methoxy groups -OCH3 is 1. The molecule has 0 aliphatic carbocycles. The maximum atomic E-state index is 5.46. The molecule has 2 aliphatic rings. The van der Waals surface area contributed by atoms with Crippen molar-refractivity contribution in [2.45, 2.75) is 38.3 Å². The minimum Gasteiger partial charge on any atom is -0.497 e. The second-order valence-electron chi connectivity index (χ2n) is 6.99. The van der Waals surface area contributed by atoms with Gasteiger partial charge in [-0.2, -0.15) is 4.98 Å². The molecule has 0 spiro atoms. The quantitative estimate of drug-likeness (QED) is 0.833.